The quantitative estimate of drug-likeness (QED) is 0.0642. The van der Waals surface area contributed by atoms with Crippen molar-refractivity contribution < 1.29 is 52.8 Å². The molecule has 0 spiro atoms. The third-order valence-corrected chi connectivity index (χ3v) is 12.2. The SMILES string of the molecule is CO[C@H]1O[C@H](CC[C@]2(O)O[C@H](COCc3ccccc3)[C@@H](OCc3ccccc3)[C@H](OCc3ccccc3)[C@H]2O)[C@@H](OCc2ccccc2)[C@H](OCc2ccccc2)[C@H]1OCc1ccccc1. The van der Waals surface area contributed by atoms with Crippen molar-refractivity contribution in [2.75, 3.05) is 13.7 Å². The summed E-state index contributed by atoms with van der Waals surface area (Å²) in [4.78, 5) is 0. The molecule has 0 bridgehead atoms. The average Bonchev–Trinajstić information content (AvgIpc) is 3.38. The summed E-state index contributed by atoms with van der Waals surface area (Å²) >= 11 is 0. The van der Waals surface area contributed by atoms with Crippen molar-refractivity contribution in [1.82, 2.24) is 0 Å². The monoisotopic (exact) mass is 910 g/mol. The van der Waals surface area contributed by atoms with Gasteiger partial charge in [0.05, 0.1) is 52.4 Å². The summed E-state index contributed by atoms with van der Waals surface area (Å²) < 4.78 is 59.3. The summed E-state index contributed by atoms with van der Waals surface area (Å²) in [5, 5.41) is 25.2. The van der Waals surface area contributed by atoms with Crippen LogP contribution in [0.15, 0.2) is 182 Å². The molecule has 0 unspecified atom stereocenters. The van der Waals surface area contributed by atoms with Crippen molar-refractivity contribution in [3.8, 4) is 0 Å². The second kappa shape index (κ2) is 24.8. The lowest BCUT2D eigenvalue weighted by molar-refractivity contribution is -0.368. The Labute approximate surface area is 394 Å². The van der Waals surface area contributed by atoms with Crippen LogP contribution in [0.4, 0.5) is 0 Å². The van der Waals surface area contributed by atoms with Gasteiger partial charge in [-0.15, -0.1) is 0 Å². The molecule has 352 valence electrons. The van der Waals surface area contributed by atoms with Gasteiger partial charge in [-0.3, -0.25) is 0 Å². The molecule has 67 heavy (non-hydrogen) atoms. The lowest BCUT2D eigenvalue weighted by Gasteiger charge is -2.50. The third kappa shape index (κ3) is 13.5. The minimum absolute atomic E-state index is 0.0406. The van der Waals surface area contributed by atoms with Gasteiger partial charge in [0.15, 0.2) is 12.1 Å². The molecule has 2 aliphatic heterocycles. The molecule has 0 aromatic heterocycles. The predicted octanol–water partition coefficient (Wildman–Crippen LogP) is 8.73. The molecule has 0 amide bonds. The summed E-state index contributed by atoms with van der Waals surface area (Å²) in [6.07, 6.45) is -7.95. The maximum Gasteiger partial charge on any atom is 0.195 e. The molecule has 0 saturated carbocycles. The molecule has 8 rings (SSSR count). The number of aliphatic hydroxyl groups is 2. The second-order valence-electron chi connectivity index (χ2n) is 17.1. The molecular formula is C56H62O11. The Morgan fingerprint density at radius 3 is 1.18 bits per heavy atom. The Balaban J connectivity index is 1.09. The fourth-order valence-corrected chi connectivity index (χ4v) is 8.69. The number of methoxy groups -OCH3 is 1. The molecular weight excluding hydrogens is 849 g/mol. The summed E-state index contributed by atoms with van der Waals surface area (Å²) in [6, 6.07) is 59.0. The van der Waals surface area contributed by atoms with Crippen LogP contribution in [-0.4, -0.2) is 84.8 Å². The Bertz CT molecular complexity index is 2280. The molecule has 0 radical (unpaired) electrons. The van der Waals surface area contributed by atoms with Crippen LogP contribution in [0.5, 0.6) is 0 Å². The third-order valence-electron chi connectivity index (χ3n) is 12.2. The van der Waals surface area contributed by atoms with Crippen LogP contribution in [0.25, 0.3) is 0 Å². The number of ether oxygens (including phenoxy) is 9. The van der Waals surface area contributed by atoms with Gasteiger partial charge in [-0.25, -0.2) is 0 Å². The molecule has 10 atom stereocenters. The molecule has 2 N–H and O–H groups in total. The number of aliphatic hydroxyl groups excluding tert-OH is 1. The minimum atomic E-state index is -2.15. The van der Waals surface area contributed by atoms with Gasteiger partial charge in [0.2, 0.25) is 0 Å². The highest BCUT2D eigenvalue weighted by Crippen LogP contribution is 2.39. The van der Waals surface area contributed by atoms with Gasteiger partial charge in [-0.2, -0.15) is 0 Å². The predicted molar refractivity (Wildman–Crippen MR) is 252 cm³/mol. The van der Waals surface area contributed by atoms with E-state index in [9.17, 15) is 10.2 Å². The first-order chi connectivity index (χ1) is 33.0. The fourth-order valence-electron chi connectivity index (χ4n) is 8.69. The van der Waals surface area contributed by atoms with Gasteiger partial charge in [0, 0.05) is 13.5 Å². The topological polar surface area (TPSA) is 124 Å². The number of rotatable bonds is 23. The average molecular weight is 911 g/mol. The van der Waals surface area contributed by atoms with E-state index in [1.807, 2.05) is 182 Å². The van der Waals surface area contributed by atoms with Gasteiger partial charge in [-0.05, 0) is 39.8 Å². The van der Waals surface area contributed by atoms with E-state index in [1.54, 1.807) is 7.11 Å². The Kier molecular flexibility index (Phi) is 17.9. The van der Waals surface area contributed by atoms with Crippen LogP contribution in [0, 0.1) is 0 Å². The van der Waals surface area contributed by atoms with Crippen LogP contribution in [0.3, 0.4) is 0 Å². The highest BCUT2D eigenvalue weighted by molar-refractivity contribution is 5.18. The highest BCUT2D eigenvalue weighted by atomic mass is 16.7. The maximum atomic E-state index is 12.8. The van der Waals surface area contributed by atoms with E-state index in [0.717, 1.165) is 33.4 Å². The highest BCUT2D eigenvalue weighted by Gasteiger charge is 2.56. The van der Waals surface area contributed by atoms with Crippen LogP contribution in [0.2, 0.25) is 0 Å². The van der Waals surface area contributed by atoms with Crippen molar-refractivity contribution in [3.63, 3.8) is 0 Å². The molecule has 2 heterocycles. The molecule has 2 fully saturated rings. The van der Waals surface area contributed by atoms with E-state index >= 15 is 0 Å². The molecule has 0 aliphatic carbocycles. The van der Waals surface area contributed by atoms with Gasteiger partial charge >= 0.3 is 0 Å². The summed E-state index contributed by atoms with van der Waals surface area (Å²) in [5.41, 5.74) is 5.72. The van der Waals surface area contributed by atoms with E-state index in [2.05, 4.69) is 0 Å². The van der Waals surface area contributed by atoms with Crippen LogP contribution in [-0.2, 0) is 82.3 Å². The van der Waals surface area contributed by atoms with E-state index in [1.165, 1.54) is 0 Å². The number of hydrogen-bond donors (Lipinski definition) is 2. The molecule has 11 heteroatoms. The summed E-state index contributed by atoms with van der Waals surface area (Å²) in [5.74, 6) is -2.15. The second-order valence-corrected chi connectivity index (χ2v) is 17.1. The minimum Gasteiger partial charge on any atom is -0.385 e. The van der Waals surface area contributed by atoms with Crippen molar-refractivity contribution in [2.24, 2.45) is 0 Å². The van der Waals surface area contributed by atoms with Gasteiger partial charge < -0.3 is 52.8 Å². The first-order valence-electron chi connectivity index (χ1n) is 23.1. The smallest absolute Gasteiger partial charge is 0.195 e. The normalized spacial score (nSPS) is 26.3. The van der Waals surface area contributed by atoms with Crippen molar-refractivity contribution in [1.29, 1.82) is 0 Å². The lowest BCUT2D eigenvalue weighted by Crippen LogP contribution is -2.67. The molecule has 2 aliphatic rings. The largest absolute Gasteiger partial charge is 0.385 e. The fraction of sp³-hybridized carbons (Fsp3) is 0.357. The summed E-state index contributed by atoms with van der Waals surface area (Å²) in [7, 11) is 1.58. The zero-order valence-electron chi connectivity index (χ0n) is 37.9. The van der Waals surface area contributed by atoms with Crippen LogP contribution >= 0.6 is 0 Å². The van der Waals surface area contributed by atoms with Crippen LogP contribution in [0.1, 0.15) is 46.2 Å². The standard InChI is InChI=1S/C56H62O11/c1-59-55-53(65-39-46-30-18-7-19-31-46)51(63-37-44-26-14-5-15-27-44)49(61-35-42-22-10-3-11-23-42)47(66-55)32-33-56(58)54(57)52(64-38-45-28-16-6-17-29-45)50(62-36-43-24-12-4-13-25-43)48(67-56)40-60-34-41-20-8-2-9-21-41/h2-31,47-55,57-58H,32-40H2,1H3/t47-,48-,49-,50-,51+,52+,53-,54-,55+,56+/m1/s1. The van der Waals surface area contributed by atoms with E-state index in [-0.39, 0.29) is 52.5 Å². The Hall–Kier alpha value is -5.12. The van der Waals surface area contributed by atoms with Crippen LogP contribution < -0.4 is 0 Å². The van der Waals surface area contributed by atoms with Crippen molar-refractivity contribution in [3.05, 3.63) is 215 Å². The van der Waals surface area contributed by atoms with E-state index < -0.39 is 60.9 Å². The molecule has 6 aromatic rings. The molecule has 11 nitrogen and oxygen atoms in total. The van der Waals surface area contributed by atoms with E-state index in [4.69, 9.17) is 42.6 Å². The lowest BCUT2D eigenvalue weighted by atomic mass is 9.87. The molecule has 2 saturated heterocycles. The molecule has 6 aromatic carbocycles. The number of hydrogen-bond acceptors (Lipinski definition) is 11. The van der Waals surface area contributed by atoms with Crippen molar-refractivity contribution in [2.45, 2.75) is 113 Å². The van der Waals surface area contributed by atoms with Gasteiger partial charge in [0.1, 0.15) is 42.7 Å². The zero-order chi connectivity index (χ0) is 46.1. The Morgan fingerprint density at radius 2 is 0.776 bits per heavy atom. The maximum absolute atomic E-state index is 12.8. The summed E-state index contributed by atoms with van der Waals surface area (Å²) in [6.45, 7) is 1.51. The first kappa shape index (κ1) is 48.3. The van der Waals surface area contributed by atoms with E-state index in [0.29, 0.717) is 6.61 Å². The Morgan fingerprint density at radius 1 is 0.433 bits per heavy atom. The van der Waals surface area contributed by atoms with Crippen molar-refractivity contribution >= 4 is 0 Å². The zero-order valence-corrected chi connectivity index (χ0v) is 37.9. The van der Waals surface area contributed by atoms with Gasteiger partial charge in [0.25, 0.3) is 0 Å². The number of benzene rings is 6. The first-order valence-corrected chi connectivity index (χ1v) is 23.1. The van der Waals surface area contributed by atoms with Gasteiger partial charge in [-0.1, -0.05) is 182 Å².